The molecule has 2 aromatic carbocycles. The first-order valence-electron chi connectivity index (χ1n) is 8.94. The van der Waals surface area contributed by atoms with Gasteiger partial charge in [-0.25, -0.2) is 0 Å². The van der Waals surface area contributed by atoms with Gasteiger partial charge in [0.1, 0.15) is 11.5 Å². The minimum Gasteiger partial charge on any atom is -0.415 e. The van der Waals surface area contributed by atoms with E-state index in [-0.39, 0.29) is 0 Å². The van der Waals surface area contributed by atoms with Crippen LogP contribution in [0.4, 0.5) is 0 Å². The van der Waals surface area contributed by atoms with Gasteiger partial charge in [0.25, 0.3) is 0 Å². The van der Waals surface area contributed by atoms with Crippen molar-refractivity contribution in [3.8, 4) is 11.5 Å². The van der Waals surface area contributed by atoms with Gasteiger partial charge in [-0.3, -0.25) is 4.52 Å². The molecule has 3 nitrogen and oxygen atoms in total. The van der Waals surface area contributed by atoms with Crippen molar-refractivity contribution in [2.24, 2.45) is 0 Å². The molecule has 0 aliphatic rings. The van der Waals surface area contributed by atoms with Crippen LogP contribution in [0.3, 0.4) is 0 Å². The molecule has 5 heteroatoms. The van der Waals surface area contributed by atoms with Crippen molar-refractivity contribution in [2.75, 3.05) is 6.61 Å². The zero-order valence-corrected chi connectivity index (χ0v) is 18.5. The van der Waals surface area contributed by atoms with Gasteiger partial charge in [-0.2, -0.15) is 0 Å². The molecule has 26 heavy (non-hydrogen) atoms. The van der Waals surface area contributed by atoms with E-state index in [9.17, 15) is 0 Å². The van der Waals surface area contributed by atoms with Crippen molar-refractivity contribution in [1.29, 1.82) is 0 Å². The second-order valence-electron chi connectivity index (χ2n) is 6.87. The number of hydrogen-bond donors (Lipinski definition) is 0. The summed E-state index contributed by atoms with van der Waals surface area (Å²) in [7, 11) is 0. The highest BCUT2D eigenvalue weighted by atomic mass is 32.5. The monoisotopic (exact) mass is 392 g/mol. The number of hydrogen-bond acceptors (Lipinski definition) is 4. The van der Waals surface area contributed by atoms with Crippen molar-refractivity contribution in [1.82, 2.24) is 0 Å². The van der Waals surface area contributed by atoms with E-state index >= 15 is 0 Å². The molecule has 0 fully saturated rings. The number of benzene rings is 2. The highest BCUT2D eigenvalue weighted by molar-refractivity contribution is 8.07. The summed E-state index contributed by atoms with van der Waals surface area (Å²) in [5.74, 6) is 1.48. The first-order valence-corrected chi connectivity index (χ1v) is 11.5. The Hall–Kier alpha value is -1.35. The lowest BCUT2D eigenvalue weighted by atomic mass is 10.1. The van der Waals surface area contributed by atoms with Gasteiger partial charge in [0.05, 0.1) is 6.61 Å². The largest absolute Gasteiger partial charge is 0.434 e. The summed E-state index contributed by atoms with van der Waals surface area (Å²) in [6.07, 6.45) is 0.850. The Labute approximate surface area is 162 Å². The average Bonchev–Trinajstić information content (AvgIpc) is 2.55. The van der Waals surface area contributed by atoms with Crippen molar-refractivity contribution < 1.29 is 13.6 Å². The molecule has 142 valence electrons. The van der Waals surface area contributed by atoms with Crippen LogP contribution in [-0.4, -0.2) is 6.61 Å². The van der Waals surface area contributed by atoms with E-state index in [1.165, 1.54) is 11.1 Å². The van der Waals surface area contributed by atoms with Crippen molar-refractivity contribution >= 4 is 18.5 Å². The third kappa shape index (κ3) is 5.09. The van der Waals surface area contributed by atoms with Crippen LogP contribution in [-0.2, 0) is 16.3 Å². The summed E-state index contributed by atoms with van der Waals surface area (Å²) in [5.41, 5.74) is 6.71. The summed E-state index contributed by atoms with van der Waals surface area (Å²) in [6, 6.07) is 8.26. The van der Waals surface area contributed by atoms with E-state index in [4.69, 9.17) is 25.4 Å². The smallest absolute Gasteiger partial charge is 0.415 e. The van der Waals surface area contributed by atoms with Crippen LogP contribution in [0.2, 0.25) is 0 Å². The molecule has 2 aromatic rings. The molecular weight excluding hydrogens is 363 g/mol. The number of rotatable bonds is 7. The maximum Gasteiger partial charge on any atom is 0.434 e. The first kappa shape index (κ1) is 21.0. The Morgan fingerprint density at radius 2 is 1.19 bits per heavy atom. The van der Waals surface area contributed by atoms with Crippen LogP contribution in [0.15, 0.2) is 24.3 Å². The molecule has 0 spiro atoms. The Morgan fingerprint density at radius 1 is 0.769 bits per heavy atom. The van der Waals surface area contributed by atoms with Crippen LogP contribution in [0.5, 0.6) is 11.5 Å². The highest BCUT2D eigenvalue weighted by Gasteiger charge is 2.27. The predicted molar refractivity (Wildman–Crippen MR) is 113 cm³/mol. The van der Waals surface area contributed by atoms with E-state index in [0.29, 0.717) is 6.61 Å². The van der Waals surface area contributed by atoms with Gasteiger partial charge in [-0.05, 0) is 93.5 Å². The van der Waals surface area contributed by atoms with Crippen molar-refractivity contribution in [3.63, 3.8) is 0 Å². The molecule has 0 aliphatic heterocycles. The van der Waals surface area contributed by atoms with E-state index in [1.807, 2.05) is 46.8 Å². The Morgan fingerprint density at radius 3 is 1.58 bits per heavy atom. The molecule has 0 heterocycles. The molecule has 0 amide bonds. The third-order valence-corrected chi connectivity index (χ3v) is 6.50. The van der Waals surface area contributed by atoms with Gasteiger partial charge < -0.3 is 9.05 Å². The van der Waals surface area contributed by atoms with E-state index in [0.717, 1.165) is 40.2 Å². The molecule has 0 N–H and O–H groups in total. The van der Waals surface area contributed by atoms with Gasteiger partial charge in [0.15, 0.2) is 0 Å². The quantitative estimate of drug-likeness (QED) is 0.493. The molecule has 0 aromatic heterocycles. The van der Waals surface area contributed by atoms with Gasteiger partial charge in [-0.1, -0.05) is 19.1 Å². The van der Waals surface area contributed by atoms with E-state index in [2.05, 4.69) is 26.0 Å². The van der Waals surface area contributed by atoms with Crippen molar-refractivity contribution in [2.45, 2.75) is 54.9 Å². The van der Waals surface area contributed by atoms with Crippen molar-refractivity contribution in [3.05, 3.63) is 57.6 Å². The maximum atomic E-state index is 6.22. The van der Waals surface area contributed by atoms with E-state index < -0.39 is 6.72 Å². The Kier molecular flexibility index (Phi) is 6.90. The first-order chi connectivity index (χ1) is 12.1. The fraction of sp³-hybridized carbons (Fsp3) is 0.429. The molecular formula is C21H29O3PS. The lowest BCUT2D eigenvalue weighted by Gasteiger charge is -2.25. The lowest BCUT2D eigenvalue weighted by molar-refractivity contribution is 0.262. The molecule has 0 aliphatic carbocycles. The van der Waals surface area contributed by atoms with Gasteiger partial charge in [0.2, 0.25) is 0 Å². The number of aryl methyl sites for hydroxylation is 4. The fourth-order valence-corrected chi connectivity index (χ4v) is 4.82. The van der Waals surface area contributed by atoms with E-state index in [1.54, 1.807) is 0 Å². The molecule has 0 saturated heterocycles. The zero-order valence-electron chi connectivity index (χ0n) is 16.8. The summed E-state index contributed by atoms with van der Waals surface area (Å²) in [5, 5.41) is 0. The second-order valence-corrected chi connectivity index (χ2v) is 9.73. The Balaban J connectivity index is 2.42. The Bertz CT molecular complexity index is 782. The minimum absolute atomic E-state index is 0.505. The standard InChI is InChI=1S/C21H29O3PS/c1-8-9-22-25(26,23-20-12-14(2)10-16(4)18(20)6)24-21-13-15(3)11-17(5)19(21)7/h10-13H,8-9H2,1-7H3. The summed E-state index contributed by atoms with van der Waals surface area (Å²) < 4.78 is 18.4. The topological polar surface area (TPSA) is 27.7 Å². The molecule has 0 bridgehead atoms. The zero-order chi connectivity index (χ0) is 19.5. The molecule has 0 saturated carbocycles. The predicted octanol–water partition coefficient (Wildman–Crippen LogP) is 6.65. The summed E-state index contributed by atoms with van der Waals surface area (Å²) >= 11 is 5.77. The second kappa shape index (κ2) is 8.56. The minimum atomic E-state index is -2.98. The van der Waals surface area contributed by atoms with Gasteiger partial charge >= 0.3 is 6.72 Å². The molecule has 0 unspecified atom stereocenters. The third-order valence-electron chi connectivity index (χ3n) is 4.40. The SMILES string of the molecule is CCCOP(=S)(Oc1cc(C)cc(C)c1C)Oc1cc(C)cc(C)c1C. The van der Waals surface area contributed by atoms with Crippen LogP contribution < -0.4 is 9.05 Å². The molecule has 0 atom stereocenters. The van der Waals surface area contributed by atoms with Crippen LogP contribution in [0, 0.1) is 41.5 Å². The average molecular weight is 393 g/mol. The fourth-order valence-electron chi connectivity index (χ4n) is 2.71. The molecule has 2 rings (SSSR count). The lowest BCUT2D eigenvalue weighted by Crippen LogP contribution is -2.08. The van der Waals surface area contributed by atoms with Crippen LogP contribution >= 0.6 is 6.72 Å². The maximum absolute atomic E-state index is 6.22. The normalized spacial score (nSPS) is 11.5. The highest BCUT2D eigenvalue weighted by Crippen LogP contribution is 2.52. The van der Waals surface area contributed by atoms with Gasteiger partial charge in [-0.15, -0.1) is 0 Å². The van der Waals surface area contributed by atoms with Crippen LogP contribution in [0.1, 0.15) is 46.7 Å². The summed E-state index contributed by atoms with van der Waals surface area (Å²) in [4.78, 5) is 0. The summed E-state index contributed by atoms with van der Waals surface area (Å²) in [6.45, 7) is 11.9. The van der Waals surface area contributed by atoms with Gasteiger partial charge in [0, 0.05) is 11.8 Å². The molecule has 0 radical (unpaired) electrons. The van der Waals surface area contributed by atoms with Crippen LogP contribution in [0.25, 0.3) is 0 Å².